The highest BCUT2D eigenvalue weighted by Crippen LogP contribution is 2.51. The molecule has 244 valence electrons. The van der Waals surface area contributed by atoms with Crippen LogP contribution in [0.4, 0.5) is 0 Å². The molecule has 45 heavy (non-hydrogen) atoms. The number of carbonyl (C=O) groups excluding carboxylic acids is 2. The molecule has 6 rings (SSSR count). The second kappa shape index (κ2) is 13.6. The van der Waals surface area contributed by atoms with Crippen LogP contribution in [-0.2, 0) is 25.4 Å². The number of ether oxygens (including phenoxy) is 7. The number of nitrogens with zero attached hydrogens (tertiary/aromatic N) is 1. The first kappa shape index (κ1) is 33.1. The van der Waals surface area contributed by atoms with E-state index in [0.29, 0.717) is 23.7 Å². The molecule has 0 unspecified atom stereocenters. The summed E-state index contributed by atoms with van der Waals surface area (Å²) in [5.41, 5.74) is 3.83. The van der Waals surface area contributed by atoms with Crippen molar-refractivity contribution in [1.82, 2.24) is 9.88 Å². The highest BCUT2D eigenvalue weighted by Gasteiger charge is 2.54. The third-order valence-electron chi connectivity index (χ3n) is 9.76. The standard InChI is InChI=1S/C33H40N2O9.HI/c1-38-19-7-8-20-21-9-10-35-16-18-13-27(44-32(36)17-11-25(39-2)30(41-4)26(12-17)40-3)31(42-5)28(33(37)43-6)22(18)15-24(35)29(21)34-23(20)14-19;/h7-8,11-12,14,18,22,24,27-28,31,34H,9-10,13,15-16H2,1-6H3;1H/t18-,22+,24-,27-,28+,31+;/m1./s1. The predicted molar refractivity (Wildman–Crippen MR) is 176 cm³/mol. The van der Waals surface area contributed by atoms with Crippen LogP contribution < -0.4 is 18.9 Å². The molecule has 0 amide bonds. The van der Waals surface area contributed by atoms with Crippen LogP contribution in [0, 0.1) is 17.8 Å². The zero-order valence-electron chi connectivity index (χ0n) is 26.4. The molecule has 3 aromatic rings. The first-order chi connectivity index (χ1) is 21.3. The third-order valence-corrected chi connectivity index (χ3v) is 9.76. The number of piperidine rings is 1. The van der Waals surface area contributed by atoms with Gasteiger partial charge >= 0.3 is 11.9 Å². The summed E-state index contributed by atoms with van der Waals surface area (Å²) in [5, 5.41) is 1.21. The molecule has 1 N–H and O–H groups in total. The number of hydrogen-bond donors (Lipinski definition) is 1. The SMILES string of the molecule is COC(=O)[C@H]1[C@H]2C[C@@H]3c4[nH]c5cc(OC)ccc5c4CCN3C[C@H]2C[C@@H](OC(=O)c2cc(OC)c(OC)c(OC)c2)[C@@H]1OC.I. The molecular weight excluding hydrogens is 695 g/mol. The largest absolute Gasteiger partial charge is 0.497 e. The fourth-order valence-electron chi connectivity index (χ4n) is 7.76. The summed E-state index contributed by atoms with van der Waals surface area (Å²) in [6, 6.07) is 9.40. The Bertz CT molecular complexity index is 1530. The second-order valence-electron chi connectivity index (χ2n) is 11.7. The minimum absolute atomic E-state index is 0. The van der Waals surface area contributed by atoms with Crippen LogP contribution >= 0.6 is 24.0 Å². The first-order valence-electron chi connectivity index (χ1n) is 14.9. The van der Waals surface area contributed by atoms with Crippen molar-refractivity contribution in [3.05, 3.63) is 47.2 Å². The van der Waals surface area contributed by atoms with Crippen molar-refractivity contribution in [2.75, 3.05) is 55.7 Å². The van der Waals surface area contributed by atoms with Gasteiger partial charge in [0.15, 0.2) is 11.5 Å². The van der Waals surface area contributed by atoms with Gasteiger partial charge in [-0.05, 0) is 60.9 Å². The van der Waals surface area contributed by atoms with E-state index in [0.717, 1.165) is 37.2 Å². The van der Waals surface area contributed by atoms with Crippen LogP contribution in [0.25, 0.3) is 10.9 Å². The van der Waals surface area contributed by atoms with Crippen molar-refractivity contribution >= 4 is 46.8 Å². The van der Waals surface area contributed by atoms with E-state index in [1.165, 1.54) is 45.1 Å². The van der Waals surface area contributed by atoms with E-state index in [-0.39, 0.29) is 53.4 Å². The quantitative estimate of drug-likeness (QED) is 0.256. The van der Waals surface area contributed by atoms with Gasteiger partial charge in [-0.2, -0.15) is 0 Å². The summed E-state index contributed by atoms with van der Waals surface area (Å²) >= 11 is 0. The number of nitrogens with one attached hydrogen (secondary N) is 1. The topological polar surface area (TPSA) is 118 Å². The van der Waals surface area contributed by atoms with Gasteiger partial charge in [-0.1, -0.05) is 0 Å². The van der Waals surface area contributed by atoms with Crippen molar-refractivity contribution in [3.63, 3.8) is 0 Å². The van der Waals surface area contributed by atoms with E-state index in [4.69, 9.17) is 33.2 Å². The molecule has 1 saturated heterocycles. The van der Waals surface area contributed by atoms with E-state index in [9.17, 15) is 9.59 Å². The number of hydrogen-bond acceptors (Lipinski definition) is 10. The molecule has 0 bridgehead atoms. The van der Waals surface area contributed by atoms with E-state index in [1.807, 2.05) is 12.1 Å². The van der Waals surface area contributed by atoms with Crippen LogP contribution in [-0.4, -0.2) is 89.8 Å². The lowest BCUT2D eigenvalue weighted by molar-refractivity contribution is -0.176. The van der Waals surface area contributed by atoms with Crippen molar-refractivity contribution in [2.45, 2.75) is 37.5 Å². The highest BCUT2D eigenvalue weighted by molar-refractivity contribution is 14.0. The molecule has 1 saturated carbocycles. The molecule has 12 heteroatoms. The van der Waals surface area contributed by atoms with Crippen LogP contribution in [0.3, 0.4) is 0 Å². The van der Waals surface area contributed by atoms with Crippen molar-refractivity contribution < 1.29 is 42.7 Å². The molecule has 3 heterocycles. The number of aromatic nitrogens is 1. The van der Waals surface area contributed by atoms with Gasteiger partial charge in [0.05, 0.1) is 53.1 Å². The molecule has 2 aromatic carbocycles. The Morgan fingerprint density at radius 3 is 2.27 bits per heavy atom. The maximum Gasteiger partial charge on any atom is 0.338 e. The van der Waals surface area contributed by atoms with Crippen molar-refractivity contribution in [2.24, 2.45) is 17.8 Å². The van der Waals surface area contributed by atoms with Crippen molar-refractivity contribution in [1.29, 1.82) is 0 Å². The number of H-pyrrole nitrogens is 1. The number of esters is 2. The molecule has 2 fully saturated rings. The number of carbonyl (C=O) groups is 2. The summed E-state index contributed by atoms with van der Waals surface area (Å²) in [6.07, 6.45) is 0.920. The van der Waals surface area contributed by atoms with Gasteiger partial charge in [0.25, 0.3) is 0 Å². The van der Waals surface area contributed by atoms with Gasteiger partial charge in [-0.3, -0.25) is 9.69 Å². The van der Waals surface area contributed by atoms with Gasteiger partial charge < -0.3 is 38.1 Å². The lowest BCUT2D eigenvalue weighted by Gasteiger charge is -2.52. The number of fused-ring (bicyclic) bond motifs is 6. The summed E-state index contributed by atoms with van der Waals surface area (Å²) in [4.78, 5) is 33.1. The van der Waals surface area contributed by atoms with Gasteiger partial charge in [0.1, 0.15) is 18.0 Å². The lowest BCUT2D eigenvalue weighted by atomic mass is 9.63. The molecule has 2 aliphatic heterocycles. The second-order valence-corrected chi connectivity index (χ2v) is 11.7. The van der Waals surface area contributed by atoms with Crippen LogP contribution in [0.5, 0.6) is 23.0 Å². The lowest BCUT2D eigenvalue weighted by Crippen LogP contribution is -2.58. The Morgan fingerprint density at radius 1 is 0.911 bits per heavy atom. The minimum Gasteiger partial charge on any atom is -0.497 e. The molecule has 6 atom stereocenters. The summed E-state index contributed by atoms with van der Waals surface area (Å²) in [5.74, 6) is 0.441. The third kappa shape index (κ3) is 5.80. The Labute approximate surface area is 279 Å². The highest BCUT2D eigenvalue weighted by atomic mass is 127. The smallest absolute Gasteiger partial charge is 0.338 e. The number of methoxy groups -OCH3 is 6. The van der Waals surface area contributed by atoms with E-state index >= 15 is 0 Å². The van der Waals surface area contributed by atoms with Crippen LogP contribution in [0.15, 0.2) is 30.3 Å². The average Bonchev–Trinajstić information content (AvgIpc) is 3.43. The summed E-state index contributed by atoms with van der Waals surface area (Å²) in [7, 11) is 9.10. The molecule has 1 aliphatic carbocycles. The molecule has 0 radical (unpaired) electrons. The van der Waals surface area contributed by atoms with Crippen LogP contribution in [0.1, 0.15) is 40.5 Å². The molecular formula is C33H41IN2O9. The van der Waals surface area contributed by atoms with Gasteiger partial charge in [0, 0.05) is 42.9 Å². The van der Waals surface area contributed by atoms with Gasteiger partial charge in [-0.15, -0.1) is 24.0 Å². The van der Waals surface area contributed by atoms with E-state index < -0.39 is 24.1 Å². The molecule has 0 spiro atoms. The Morgan fingerprint density at radius 2 is 1.64 bits per heavy atom. The number of halogens is 1. The predicted octanol–water partition coefficient (Wildman–Crippen LogP) is 4.79. The van der Waals surface area contributed by atoms with Crippen molar-refractivity contribution in [3.8, 4) is 23.0 Å². The van der Waals surface area contributed by atoms with Gasteiger partial charge in [0.2, 0.25) is 5.75 Å². The molecule has 1 aromatic heterocycles. The monoisotopic (exact) mass is 736 g/mol. The maximum absolute atomic E-state index is 13.5. The molecule has 3 aliphatic rings. The number of aromatic amines is 1. The van der Waals surface area contributed by atoms with E-state index in [2.05, 4.69) is 16.0 Å². The van der Waals surface area contributed by atoms with Crippen LogP contribution in [0.2, 0.25) is 0 Å². The van der Waals surface area contributed by atoms with E-state index in [1.54, 1.807) is 26.4 Å². The number of benzene rings is 2. The normalized spacial score (nSPS) is 25.6. The summed E-state index contributed by atoms with van der Waals surface area (Å²) in [6.45, 7) is 1.68. The maximum atomic E-state index is 13.5. The molecule has 11 nitrogen and oxygen atoms in total. The zero-order valence-corrected chi connectivity index (χ0v) is 28.7. The first-order valence-corrected chi connectivity index (χ1v) is 14.9. The Balaban J connectivity index is 0.00000400. The average molecular weight is 737 g/mol. The fraction of sp³-hybridized carbons (Fsp3) is 0.515. The fourth-order valence-corrected chi connectivity index (χ4v) is 7.76. The van der Waals surface area contributed by atoms with Gasteiger partial charge in [-0.25, -0.2) is 4.79 Å². The zero-order chi connectivity index (χ0) is 31.1. The number of rotatable bonds is 8. The Kier molecular flexibility index (Phi) is 10.0. The Hall–Kier alpha value is -3.23. The minimum atomic E-state index is -0.670. The summed E-state index contributed by atoms with van der Waals surface area (Å²) < 4.78 is 39.1.